The number of halogens is 4. The second kappa shape index (κ2) is 10.9. The molecule has 0 radical (unpaired) electrons. The average Bonchev–Trinajstić information content (AvgIpc) is 2.81. The molecule has 180 valence electrons. The lowest BCUT2D eigenvalue weighted by molar-refractivity contribution is -0.117. The molecule has 1 atom stereocenters. The van der Waals surface area contributed by atoms with Gasteiger partial charge in [-0.1, -0.05) is 41.9 Å². The third kappa shape index (κ3) is 6.07. The van der Waals surface area contributed by atoms with Gasteiger partial charge in [-0.05, 0) is 49.2 Å². The summed E-state index contributed by atoms with van der Waals surface area (Å²) in [4.78, 5) is 12.7. The van der Waals surface area contributed by atoms with E-state index in [1.807, 2.05) is 0 Å². The maximum absolute atomic E-state index is 14.1. The molecule has 0 aliphatic heterocycles. The molecule has 1 amide bonds. The molecule has 3 aromatic carbocycles. The van der Waals surface area contributed by atoms with E-state index in [0.29, 0.717) is 18.2 Å². The van der Waals surface area contributed by atoms with Gasteiger partial charge in [0.15, 0.2) is 17.5 Å². The molecule has 0 bridgehead atoms. The molecule has 0 aliphatic carbocycles. The van der Waals surface area contributed by atoms with Gasteiger partial charge >= 0.3 is 0 Å². The van der Waals surface area contributed by atoms with E-state index in [0.717, 1.165) is 6.07 Å². The number of sulfonamides is 1. The molecule has 0 fully saturated rings. The Morgan fingerprint density at radius 1 is 1.03 bits per heavy atom. The molecule has 6 nitrogen and oxygen atoms in total. The van der Waals surface area contributed by atoms with E-state index in [1.165, 1.54) is 18.2 Å². The zero-order chi connectivity index (χ0) is 24.9. The molecule has 34 heavy (non-hydrogen) atoms. The minimum atomic E-state index is -4.27. The molecule has 0 saturated heterocycles. The molecule has 0 unspecified atom stereocenters. The SMILES string of the molecule is CCOc1ccc(S(=O)(=O)N[C@H](Cc2ccccc2)C(=O)Nc2ccc(F)c(F)c2F)cc1Cl. The number of benzene rings is 3. The summed E-state index contributed by atoms with van der Waals surface area (Å²) < 4.78 is 74.4. The molecule has 3 aromatic rings. The van der Waals surface area contributed by atoms with Crippen molar-refractivity contribution in [3.8, 4) is 5.75 Å². The molecule has 11 heteroatoms. The number of hydrogen-bond donors (Lipinski definition) is 2. The summed E-state index contributed by atoms with van der Waals surface area (Å²) in [6.45, 7) is 2.06. The Balaban J connectivity index is 1.90. The van der Waals surface area contributed by atoms with Crippen LogP contribution in [0, 0.1) is 17.5 Å². The minimum absolute atomic E-state index is 0.0534. The number of carbonyl (C=O) groups is 1. The van der Waals surface area contributed by atoms with Crippen molar-refractivity contribution in [1.82, 2.24) is 4.72 Å². The lowest BCUT2D eigenvalue weighted by Crippen LogP contribution is -2.45. The summed E-state index contributed by atoms with van der Waals surface area (Å²) in [6.07, 6.45) is -0.109. The number of nitrogens with one attached hydrogen (secondary N) is 2. The van der Waals surface area contributed by atoms with E-state index < -0.39 is 45.1 Å². The molecule has 0 saturated carbocycles. The topological polar surface area (TPSA) is 84.5 Å². The fourth-order valence-corrected chi connectivity index (χ4v) is 4.58. The van der Waals surface area contributed by atoms with Crippen LogP contribution in [0.1, 0.15) is 12.5 Å². The van der Waals surface area contributed by atoms with Crippen LogP contribution in [0.25, 0.3) is 0 Å². The van der Waals surface area contributed by atoms with Crippen molar-refractivity contribution < 1.29 is 31.1 Å². The van der Waals surface area contributed by atoms with Gasteiger partial charge < -0.3 is 10.1 Å². The lowest BCUT2D eigenvalue weighted by atomic mass is 10.1. The van der Waals surface area contributed by atoms with E-state index in [9.17, 15) is 26.4 Å². The number of amides is 1. The van der Waals surface area contributed by atoms with Crippen molar-refractivity contribution in [3.05, 3.63) is 88.7 Å². The Hall–Kier alpha value is -3.08. The van der Waals surface area contributed by atoms with Gasteiger partial charge in [-0.25, -0.2) is 21.6 Å². The van der Waals surface area contributed by atoms with Gasteiger partial charge in [-0.2, -0.15) is 4.72 Å². The highest BCUT2D eigenvalue weighted by atomic mass is 35.5. The zero-order valence-corrected chi connectivity index (χ0v) is 19.4. The first-order chi connectivity index (χ1) is 16.1. The highest BCUT2D eigenvalue weighted by Gasteiger charge is 2.28. The maximum Gasteiger partial charge on any atom is 0.242 e. The summed E-state index contributed by atoms with van der Waals surface area (Å²) in [5, 5.41) is 2.17. The highest BCUT2D eigenvalue weighted by molar-refractivity contribution is 7.89. The predicted octanol–water partition coefficient (Wildman–Crippen LogP) is 4.68. The summed E-state index contributed by atoms with van der Waals surface area (Å²) in [7, 11) is -4.27. The van der Waals surface area contributed by atoms with E-state index >= 15 is 0 Å². The van der Waals surface area contributed by atoms with Crippen LogP contribution in [0.15, 0.2) is 65.6 Å². The quantitative estimate of drug-likeness (QED) is 0.408. The van der Waals surface area contributed by atoms with Gasteiger partial charge in [0.25, 0.3) is 0 Å². The van der Waals surface area contributed by atoms with Crippen molar-refractivity contribution in [2.75, 3.05) is 11.9 Å². The van der Waals surface area contributed by atoms with Crippen molar-refractivity contribution in [1.29, 1.82) is 0 Å². The molecule has 0 spiro atoms. The van der Waals surface area contributed by atoms with Gasteiger partial charge in [0.2, 0.25) is 15.9 Å². The largest absolute Gasteiger partial charge is 0.492 e. The number of hydrogen-bond acceptors (Lipinski definition) is 4. The molecule has 0 aromatic heterocycles. The highest BCUT2D eigenvalue weighted by Crippen LogP contribution is 2.27. The Morgan fingerprint density at radius 2 is 1.74 bits per heavy atom. The van der Waals surface area contributed by atoms with E-state index in [2.05, 4.69) is 10.0 Å². The smallest absolute Gasteiger partial charge is 0.242 e. The second-order valence-corrected chi connectivity index (χ2v) is 9.22. The van der Waals surface area contributed by atoms with Crippen LogP contribution in [0.5, 0.6) is 5.75 Å². The van der Waals surface area contributed by atoms with Gasteiger partial charge in [-0.15, -0.1) is 0 Å². The monoisotopic (exact) mass is 512 g/mol. The van der Waals surface area contributed by atoms with E-state index in [1.54, 1.807) is 37.3 Å². The number of rotatable bonds is 9. The van der Waals surface area contributed by atoms with Crippen LogP contribution in [-0.2, 0) is 21.2 Å². The summed E-state index contributed by atoms with van der Waals surface area (Å²) in [6, 6.07) is 12.3. The average molecular weight is 513 g/mol. The van der Waals surface area contributed by atoms with Crippen LogP contribution in [0.3, 0.4) is 0 Å². The van der Waals surface area contributed by atoms with E-state index in [-0.39, 0.29) is 22.1 Å². The maximum atomic E-state index is 14.1. The standard InChI is InChI=1S/C23H20ClF3N2O4S/c1-2-33-20-11-8-15(13-16(20)24)34(31,32)29-19(12-14-6-4-3-5-7-14)23(30)28-18-10-9-17(25)21(26)22(18)27/h3-11,13,19,29H,2,12H2,1H3,(H,28,30)/t19-/m1/s1. The summed E-state index contributed by atoms with van der Waals surface area (Å²) in [5.41, 5.74) is -0.0360. The van der Waals surface area contributed by atoms with Gasteiger partial charge in [0.1, 0.15) is 11.8 Å². The number of ether oxygens (including phenoxy) is 1. The fourth-order valence-electron chi connectivity index (χ4n) is 3.06. The van der Waals surface area contributed by atoms with Crippen LogP contribution in [0.2, 0.25) is 5.02 Å². The predicted molar refractivity (Wildman–Crippen MR) is 122 cm³/mol. The van der Waals surface area contributed by atoms with E-state index in [4.69, 9.17) is 16.3 Å². The summed E-state index contributed by atoms with van der Waals surface area (Å²) >= 11 is 6.09. The first kappa shape index (κ1) is 25.5. The van der Waals surface area contributed by atoms with Gasteiger partial charge in [-0.3, -0.25) is 4.79 Å². The first-order valence-corrected chi connectivity index (χ1v) is 11.9. The first-order valence-electron chi connectivity index (χ1n) is 10.1. The van der Waals surface area contributed by atoms with Crippen molar-refractivity contribution in [2.24, 2.45) is 0 Å². The number of anilines is 1. The minimum Gasteiger partial charge on any atom is -0.492 e. The zero-order valence-electron chi connectivity index (χ0n) is 17.8. The molecule has 0 aliphatic rings. The Morgan fingerprint density at radius 3 is 2.38 bits per heavy atom. The van der Waals surface area contributed by atoms with Crippen molar-refractivity contribution >= 4 is 33.2 Å². The van der Waals surface area contributed by atoms with Crippen molar-refractivity contribution in [3.63, 3.8) is 0 Å². The Kier molecular flexibility index (Phi) is 8.19. The van der Waals surface area contributed by atoms with Crippen LogP contribution >= 0.6 is 11.6 Å². The third-order valence-electron chi connectivity index (χ3n) is 4.70. The third-order valence-corrected chi connectivity index (χ3v) is 6.47. The summed E-state index contributed by atoms with van der Waals surface area (Å²) in [5.74, 6) is -5.48. The Bertz CT molecular complexity index is 1290. The lowest BCUT2D eigenvalue weighted by Gasteiger charge is -2.19. The molecular weight excluding hydrogens is 493 g/mol. The van der Waals surface area contributed by atoms with Crippen LogP contribution < -0.4 is 14.8 Å². The van der Waals surface area contributed by atoms with Crippen LogP contribution in [0.4, 0.5) is 18.9 Å². The number of carbonyl (C=O) groups excluding carboxylic acids is 1. The molecular formula is C23H20ClF3N2O4S. The van der Waals surface area contributed by atoms with Gasteiger partial charge in [0, 0.05) is 0 Å². The normalized spacial score (nSPS) is 12.3. The molecule has 3 rings (SSSR count). The van der Waals surface area contributed by atoms with Crippen LogP contribution in [-0.4, -0.2) is 27.0 Å². The molecule has 2 N–H and O–H groups in total. The second-order valence-electron chi connectivity index (χ2n) is 7.10. The van der Waals surface area contributed by atoms with Gasteiger partial charge in [0.05, 0.1) is 22.2 Å². The van der Waals surface area contributed by atoms with Crippen molar-refractivity contribution in [2.45, 2.75) is 24.3 Å². The molecule has 0 heterocycles. The Labute approximate surface area is 199 Å². The fraction of sp³-hybridized carbons (Fsp3) is 0.174.